The van der Waals surface area contributed by atoms with Gasteiger partial charge in [-0.1, -0.05) is 18.1 Å². The van der Waals surface area contributed by atoms with Gasteiger partial charge < -0.3 is 10.3 Å². The molecular weight excluding hydrogens is 216 g/mol. The fourth-order valence-electron chi connectivity index (χ4n) is 1.52. The van der Waals surface area contributed by atoms with Crippen LogP contribution in [0.2, 0.25) is 0 Å². The summed E-state index contributed by atoms with van der Waals surface area (Å²) in [6, 6.07) is 3.91. The lowest BCUT2D eigenvalue weighted by molar-refractivity contribution is 0.417. The third-order valence-corrected chi connectivity index (χ3v) is 2.65. The third kappa shape index (κ3) is 2.68. The van der Waals surface area contributed by atoms with E-state index < -0.39 is 0 Å². The monoisotopic (exact) mass is 232 g/mol. The minimum absolute atomic E-state index is 0.0743. The van der Waals surface area contributed by atoms with Gasteiger partial charge in [0.2, 0.25) is 0 Å². The minimum Gasteiger partial charge on any atom is -0.332 e. The Morgan fingerprint density at radius 2 is 2.29 bits per heavy atom. The van der Waals surface area contributed by atoms with Crippen molar-refractivity contribution in [3.63, 3.8) is 0 Å². The lowest BCUT2D eigenvalue weighted by atomic mass is 10.1. The van der Waals surface area contributed by atoms with Crippen molar-refractivity contribution in [2.45, 2.75) is 32.7 Å². The molecule has 90 valence electrons. The van der Waals surface area contributed by atoms with E-state index in [1.165, 1.54) is 0 Å². The van der Waals surface area contributed by atoms with Crippen LogP contribution < -0.4 is 5.73 Å². The highest BCUT2D eigenvalue weighted by Gasteiger charge is 2.13. The molecular formula is C12H16N4O. The summed E-state index contributed by atoms with van der Waals surface area (Å²) in [4.78, 5) is 8.54. The second kappa shape index (κ2) is 5.05. The Labute approximate surface area is 100 Å². The molecule has 0 aliphatic heterocycles. The van der Waals surface area contributed by atoms with Crippen LogP contribution in [0.15, 0.2) is 22.9 Å². The highest BCUT2D eigenvalue weighted by molar-refractivity contribution is 5.51. The molecule has 0 radical (unpaired) electrons. The first kappa shape index (κ1) is 11.7. The third-order valence-electron chi connectivity index (χ3n) is 2.65. The van der Waals surface area contributed by atoms with Gasteiger partial charge in [-0.3, -0.25) is 4.98 Å². The smallest absolute Gasteiger partial charge is 0.276 e. The second-order valence-corrected chi connectivity index (χ2v) is 4.06. The maximum absolute atomic E-state index is 5.85. The van der Waals surface area contributed by atoms with Gasteiger partial charge in [0.25, 0.3) is 5.89 Å². The van der Waals surface area contributed by atoms with Crippen LogP contribution in [0.4, 0.5) is 0 Å². The van der Waals surface area contributed by atoms with Gasteiger partial charge in [0.1, 0.15) is 5.69 Å². The zero-order valence-electron chi connectivity index (χ0n) is 10.1. The molecule has 0 aliphatic carbocycles. The maximum atomic E-state index is 5.85. The summed E-state index contributed by atoms with van der Waals surface area (Å²) in [7, 11) is 0. The summed E-state index contributed by atoms with van der Waals surface area (Å²) in [6.45, 7) is 4.00. The van der Waals surface area contributed by atoms with Gasteiger partial charge in [-0.15, -0.1) is 0 Å². The number of pyridine rings is 1. The number of hydrogen-bond donors (Lipinski definition) is 1. The molecule has 2 N–H and O–H groups in total. The summed E-state index contributed by atoms with van der Waals surface area (Å²) in [5.74, 6) is 1.10. The molecule has 2 heterocycles. The minimum atomic E-state index is 0.0743. The normalized spacial score (nSPS) is 12.6. The Kier molecular flexibility index (Phi) is 3.49. The van der Waals surface area contributed by atoms with E-state index in [-0.39, 0.29) is 6.04 Å². The Morgan fingerprint density at radius 1 is 1.47 bits per heavy atom. The first-order chi connectivity index (χ1) is 8.20. The molecule has 0 aromatic carbocycles. The maximum Gasteiger partial charge on any atom is 0.276 e. The standard InChI is InChI=1S/C12H16N4O/c1-3-9(13)7-10-15-12(17-16-10)11-8(2)5-4-6-14-11/h4-6,9H,3,7,13H2,1-2H3. The summed E-state index contributed by atoms with van der Waals surface area (Å²) < 4.78 is 5.20. The number of hydrogen-bond acceptors (Lipinski definition) is 5. The molecule has 2 aromatic rings. The summed E-state index contributed by atoms with van der Waals surface area (Å²) in [5.41, 5.74) is 7.59. The van der Waals surface area contributed by atoms with Crippen molar-refractivity contribution in [1.29, 1.82) is 0 Å². The van der Waals surface area contributed by atoms with E-state index in [0.717, 1.165) is 17.7 Å². The molecule has 0 bridgehead atoms. The molecule has 0 fully saturated rings. The van der Waals surface area contributed by atoms with Gasteiger partial charge in [-0.2, -0.15) is 4.98 Å². The lowest BCUT2D eigenvalue weighted by Gasteiger charge is -2.02. The molecule has 1 unspecified atom stereocenters. The fraction of sp³-hybridized carbons (Fsp3) is 0.417. The summed E-state index contributed by atoms with van der Waals surface area (Å²) in [5, 5.41) is 3.92. The molecule has 0 aliphatic rings. The average Bonchev–Trinajstić information content (AvgIpc) is 2.78. The highest BCUT2D eigenvalue weighted by atomic mass is 16.5. The van der Waals surface area contributed by atoms with Crippen molar-refractivity contribution in [3.8, 4) is 11.6 Å². The van der Waals surface area contributed by atoms with Crippen molar-refractivity contribution in [3.05, 3.63) is 29.7 Å². The zero-order valence-corrected chi connectivity index (χ0v) is 10.1. The molecule has 0 saturated heterocycles. The largest absolute Gasteiger partial charge is 0.332 e. The van der Waals surface area contributed by atoms with Crippen molar-refractivity contribution in [2.75, 3.05) is 0 Å². The lowest BCUT2D eigenvalue weighted by Crippen LogP contribution is -2.21. The Morgan fingerprint density at radius 3 is 3.00 bits per heavy atom. The Bertz CT molecular complexity index is 495. The molecule has 0 amide bonds. The predicted octanol–water partition coefficient (Wildman–Crippen LogP) is 1.72. The molecule has 2 aromatic heterocycles. The van der Waals surface area contributed by atoms with Crippen LogP contribution >= 0.6 is 0 Å². The Balaban J connectivity index is 2.21. The van der Waals surface area contributed by atoms with Crippen molar-refractivity contribution >= 4 is 0 Å². The van der Waals surface area contributed by atoms with Crippen LogP contribution in [0, 0.1) is 6.92 Å². The van der Waals surface area contributed by atoms with E-state index in [4.69, 9.17) is 10.3 Å². The molecule has 0 saturated carbocycles. The Hall–Kier alpha value is -1.75. The molecule has 1 atom stereocenters. The number of rotatable bonds is 4. The van der Waals surface area contributed by atoms with E-state index in [1.807, 2.05) is 26.0 Å². The topological polar surface area (TPSA) is 77.8 Å². The molecule has 17 heavy (non-hydrogen) atoms. The first-order valence-corrected chi connectivity index (χ1v) is 5.71. The average molecular weight is 232 g/mol. The SMILES string of the molecule is CCC(N)Cc1noc(-c2ncccc2C)n1. The van der Waals surface area contributed by atoms with E-state index in [0.29, 0.717) is 18.1 Å². The first-order valence-electron chi connectivity index (χ1n) is 5.71. The number of nitrogens with two attached hydrogens (primary N) is 1. The van der Waals surface area contributed by atoms with E-state index in [2.05, 4.69) is 15.1 Å². The van der Waals surface area contributed by atoms with Gasteiger partial charge in [-0.05, 0) is 25.0 Å². The van der Waals surface area contributed by atoms with Gasteiger partial charge in [0.15, 0.2) is 5.82 Å². The van der Waals surface area contributed by atoms with E-state index in [1.54, 1.807) is 6.20 Å². The van der Waals surface area contributed by atoms with Crippen LogP contribution in [0.25, 0.3) is 11.6 Å². The van der Waals surface area contributed by atoms with E-state index >= 15 is 0 Å². The molecule has 5 nitrogen and oxygen atoms in total. The summed E-state index contributed by atoms with van der Waals surface area (Å²) in [6.07, 6.45) is 3.24. The van der Waals surface area contributed by atoms with E-state index in [9.17, 15) is 0 Å². The number of aromatic nitrogens is 3. The van der Waals surface area contributed by atoms with Gasteiger partial charge in [0.05, 0.1) is 0 Å². The highest BCUT2D eigenvalue weighted by Crippen LogP contribution is 2.18. The second-order valence-electron chi connectivity index (χ2n) is 4.06. The number of nitrogens with zero attached hydrogens (tertiary/aromatic N) is 3. The van der Waals surface area contributed by atoms with Crippen LogP contribution in [-0.2, 0) is 6.42 Å². The molecule has 5 heteroatoms. The van der Waals surface area contributed by atoms with Gasteiger partial charge in [0, 0.05) is 18.7 Å². The van der Waals surface area contributed by atoms with Crippen LogP contribution in [-0.4, -0.2) is 21.2 Å². The van der Waals surface area contributed by atoms with Gasteiger partial charge in [-0.25, -0.2) is 0 Å². The fourth-order valence-corrected chi connectivity index (χ4v) is 1.52. The predicted molar refractivity (Wildman–Crippen MR) is 64.2 cm³/mol. The van der Waals surface area contributed by atoms with Crippen molar-refractivity contribution in [2.24, 2.45) is 5.73 Å². The quantitative estimate of drug-likeness (QED) is 0.868. The van der Waals surface area contributed by atoms with Crippen LogP contribution in [0.1, 0.15) is 24.7 Å². The summed E-state index contributed by atoms with van der Waals surface area (Å²) >= 11 is 0. The molecule has 2 rings (SSSR count). The van der Waals surface area contributed by atoms with Crippen LogP contribution in [0.5, 0.6) is 0 Å². The molecule has 0 spiro atoms. The number of aryl methyl sites for hydroxylation is 1. The van der Waals surface area contributed by atoms with Gasteiger partial charge >= 0.3 is 0 Å². The van der Waals surface area contributed by atoms with Crippen LogP contribution in [0.3, 0.4) is 0 Å². The van der Waals surface area contributed by atoms with Crippen molar-refractivity contribution in [1.82, 2.24) is 15.1 Å². The van der Waals surface area contributed by atoms with Crippen molar-refractivity contribution < 1.29 is 4.52 Å². The zero-order chi connectivity index (χ0) is 12.3.